The summed E-state index contributed by atoms with van der Waals surface area (Å²) in [6.07, 6.45) is 0.850. The molecule has 0 spiro atoms. The summed E-state index contributed by atoms with van der Waals surface area (Å²) in [6.45, 7) is 4.74. The zero-order valence-electron chi connectivity index (χ0n) is 25.8. The Kier molecular flexibility index (Phi) is 5.91. The molecule has 3 nitrogen and oxygen atoms in total. The van der Waals surface area contributed by atoms with Gasteiger partial charge in [-0.2, -0.15) is 0 Å². The normalized spacial score (nSPS) is 13.5. The van der Waals surface area contributed by atoms with Crippen molar-refractivity contribution in [3.8, 4) is 67.5 Å². The monoisotopic (exact) mass is 589 g/mol. The van der Waals surface area contributed by atoms with Crippen molar-refractivity contribution in [2.75, 3.05) is 0 Å². The predicted octanol–water partition coefficient (Wildman–Crippen LogP) is 10.4. The average molecular weight is 590 g/mol. The van der Waals surface area contributed by atoms with Crippen LogP contribution < -0.4 is 0 Å². The van der Waals surface area contributed by atoms with Crippen molar-refractivity contribution in [1.29, 1.82) is 0 Å². The molecule has 0 N–H and O–H groups in total. The lowest BCUT2D eigenvalue weighted by atomic mass is 9.78. The van der Waals surface area contributed by atoms with E-state index < -0.39 is 0 Å². The fraction of sp³-hybridized carbons (Fsp3) is 0.0930. The van der Waals surface area contributed by atoms with Crippen LogP contribution in [0, 0.1) is 0 Å². The molecule has 46 heavy (non-hydrogen) atoms. The highest BCUT2D eigenvalue weighted by atomic mass is 15.0. The summed E-state index contributed by atoms with van der Waals surface area (Å²) in [7, 11) is 0. The van der Waals surface area contributed by atoms with Gasteiger partial charge < -0.3 is 0 Å². The van der Waals surface area contributed by atoms with Gasteiger partial charge in [-0.1, -0.05) is 147 Å². The topological polar surface area (TPSA) is 38.7 Å². The highest BCUT2D eigenvalue weighted by Crippen LogP contribution is 2.57. The first-order chi connectivity index (χ1) is 22.6. The van der Waals surface area contributed by atoms with E-state index in [1.807, 2.05) is 24.3 Å². The van der Waals surface area contributed by atoms with E-state index >= 15 is 0 Å². The molecule has 0 radical (unpaired) electrons. The molecule has 218 valence electrons. The van der Waals surface area contributed by atoms with E-state index in [4.69, 9.17) is 15.0 Å². The molecule has 1 heterocycles. The molecule has 0 amide bonds. The maximum absolute atomic E-state index is 5.32. The van der Waals surface area contributed by atoms with Gasteiger partial charge in [-0.05, 0) is 68.1 Å². The molecule has 0 atom stereocenters. The van der Waals surface area contributed by atoms with E-state index in [0.29, 0.717) is 17.5 Å². The van der Waals surface area contributed by atoms with E-state index in [9.17, 15) is 0 Å². The van der Waals surface area contributed by atoms with Crippen LogP contribution >= 0.6 is 0 Å². The van der Waals surface area contributed by atoms with Crippen LogP contribution in [-0.4, -0.2) is 15.0 Å². The minimum atomic E-state index is -0.125. The summed E-state index contributed by atoms with van der Waals surface area (Å²) >= 11 is 0. The third-order valence-corrected chi connectivity index (χ3v) is 9.77. The van der Waals surface area contributed by atoms with E-state index in [2.05, 4.69) is 129 Å². The molecule has 2 aliphatic rings. The Morgan fingerprint density at radius 3 is 1.74 bits per heavy atom. The minimum absolute atomic E-state index is 0.125. The molecule has 0 saturated carbocycles. The number of aromatic nitrogens is 3. The highest BCUT2D eigenvalue weighted by Gasteiger charge is 2.41. The van der Waals surface area contributed by atoms with E-state index in [0.717, 1.165) is 34.2 Å². The number of nitrogens with zero attached hydrogens (tertiary/aromatic N) is 3. The Labute approximate surface area is 269 Å². The van der Waals surface area contributed by atoms with Crippen molar-refractivity contribution in [2.24, 2.45) is 0 Å². The first kappa shape index (κ1) is 26.7. The van der Waals surface area contributed by atoms with Crippen LogP contribution in [0.2, 0.25) is 0 Å². The van der Waals surface area contributed by atoms with Crippen LogP contribution in [0.5, 0.6) is 0 Å². The van der Waals surface area contributed by atoms with E-state index in [-0.39, 0.29) is 5.41 Å². The summed E-state index contributed by atoms with van der Waals surface area (Å²) in [4.78, 5) is 15.7. The average Bonchev–Trinajstić information content (AvgIpc) is 3.61. The first-order valence-corrected chi connectivity index (χ1v) is 15.9. The van der Waals surface area contributed by atoms with Crippen LogP contribution in [0.1, 0.15) is 36.1 Å². The molecule has 0 saturated heterocycles. The SMILES string of the molecule is CC1(C)c2ccccc2-c2cc(-c3nc(-c4ccccc4)nc(-c4ccccc4-c4ccccc4)n3)c3c(c21)-c1ccccc1C3. The zero-order chi connectivity index (χ0) is 30.8. The Balaban J connectivity index is 1.35. The molecule has 6 aromatic carbocycles. The zero-order valence-corrected chi connectivity index (χ0v) is 25.8. The van der Waals surface area contributed by atoms with Crippen LogP contribution in [0.25, 0.3) is 67.5 Å². The van der Waals surface area contributed by atoms with Crippen molar-refractivity contribution in [2.45, 2.75) is 25.7 Å². The molecule has 9 rings (SSSR count). The fourth-order valence-corrected chi connectivity index (χ4v) is 7.65. The third kappa shape index (κ3) is 4.02. The molecule has 0 unspecified atom stereocenters. The third-order valence-electron chi connectivity index (χ3n) is 9.77. The molecule has 0 fully saturated rings. The van der Waals surface area contributed by atoms with Crippen molar-refractivity contribution < 1.29 is 0 Å². The molecule has 0 aliphatic heterocycles. The van der Waals surface area contributed by atoms with Gasteiger partial charge in [0.25, 0.3) is 0 Å². The lowest BCUT2D eigenvalue weighted by Crippen LogP contribution is -2.16. The van der Waals surface area contributed by atoms with Gasteiger partial charge in [-0.3, -0.25) is 0 Å². The number of benzene rings is 6. The largest absolute Gasteiger partial charge is 0.208 e. The summed E-state index contributed by atoms with van der Waals surface area (Å²) < 4.78 is 0. The van der Waals surface area contributed by atoms with Crippen LogP contribution in [0.4, 0.5) is 0 Å². The van der Waals surface area contributed by atoms with Crippen LogP contribution in [0.3, 0.4) is 0 Å². The van der Waals surface area contributed by atoms with Gasteiger partial charge in [0.1, 0.15) is 0 Å². The maximum Gasteiger partial charge on any atom is 0.164 e. The highest BCUT2D eigenvalue weighted by molar-refractivity contribution is 5.97. The van der Waals surface area contributed by atoms with Crippen molar-refractivity contribution in [3.05, 3.63) is 162 Å². The Morgan fingerprint density at radius 2 is 1.00 bits per heavy atom. The van der Waals surface area contributed by atoms with Gasteiger partial charge in [0.05, 0.1) is 0 Å². The van der Waals surface area contributed by atoms with Crippen molar-refractivity contribution >= 4 is 0 Å². The minimum Gasteiger partial charge on any atom is -0.208 e. The number of hydrogen-bond acceptors (Lipinski definition) is 3. The molecule has 0 bridgehead atoms. The van der Waals surface area contributed by atoms with Crippen molar-refractivity contribution in [3.63, 3.8) is 0 Å². The Morgan fingerprint density at radius 1 is 0.457 bits per heavy atom. The van der Waals surface area contributed by atoms with Gasteiger partial charge in [0, 0.05) is 22.1 Å². The van der Waals surface area contributed by atoms with Crippen molar-refractivity contribution in [1.82, 2.24) is 15.0 Å². The van der Waals surface area contributed by atoms with Crippen LogP contribution in [0.15, 0.2) is 140 Å². The molecule has 2 aliphatic carbocycles. The molecule has 1 aromatic heterocycles. The smallest absolute Gasteiger partial charge is 0.164 e. The van der Waals surface area contributed by atoms with Gasteiger partial charge in [0.15, 0.2) is 17.5 Å². The molecule has 3 heteroatoms. The van der Waals surface area contributed by atoms with Gasteiger partial charge in [-0.15, -0.1) is 0 Å². The number of hydrogen-bond donors (Lipinski definition) is 0. The standard InChI is InChI=1S/C43H31N3/c1-43(2)37-24-14-13-22-32(37)35-26-36(34-25-29-19-9-10-21-31(29)38(34)39(35)43)42-45-40(28-17-7-4-8-18-28)44-41(46-42)33-23-12-11-20-30(33)27-15-5-3-6-16-27/h3-24,26H,25H2,1-2H3. The second-order valence-corrected chi connectivity index (χ2v) is 12.8. The number of rotatable bonds is 4. The lowest BCUT2D eigenvalue weighted by Gasteiger charge is -2.25. The lowest BCUT2D eigenvalue weighted by molar-refractivity contribution is 0.662. The first-order valence-electron chi connectivity index (χ1n) is 15.9. The summed E-state index contributed by atoms with van der Waals surface area (Å²) in [5.74, 6) is 2.06. The second kappa shape index (κ2) is 10.2. The molecular formula is C43H31N3. The quantitative estimate of drug-likeness (QED) is 0.205. The van der Waals surface area contributed by atoms with E-state index in [1.54, 1.807) is 0 Å². The van der Waals surface area contributed by atoms with Gasteiger partial charge >= 0.3 is 0 Å². The van der Waals surface area contributed by atoms with E-state index in [1.165, 1.54) is 44.5 Å². The Hall–Kier alpha value is -5.67. The second-order valence-electron chi connectivity index (χ2n) is 12.8. The molecule has 7 aromatic rings. The number of fused-ring (bicyclic) bond motifs is 7. The summed E-state index contributed by atoms with van der Waals surface area (Å²) in [5.41, 5.74) is 15.8. The van der Waals surface area contributed by atoms with Crippen LogP contribution in [-0.2, 0) is 11.8 Å². The predicted molar refractivity (Wildman–Crippen MR) is 187 cm³/mol. The summed E-state index contributed by atoms with van der Waals surface area (Å²) in [5, 5.41) is 0. The summed E-state index contributed by atoms with van der Waals surface area (Å²) in [6, 6.07) is 49.3. The van der Waals surface area contributed by atoms with Gasteiger partial charge in [0.2, 0.25) is 0 Å². The molecular weight excluding hydrogens is 558 g/mol. The maximum atomic E-state index is 5.32. The van der Waals surface area contributed by atoms with Gasteiger partial charge in [-0.25, -0.2) is 15.0 Å². The Bertz CT molecular complexity index is 2300. The fourth-order valence-electron chi connectivity index (χ4n) is 7.65.